The number of nitrogens with zero attached hydrogens (tertiary/aromatic N) is 1. The van der Waals surface area contributed by atoms with Gasteiger partial charge in [0.1, 0.15) is 0 Å². The fourth-order valence-corrected chi connectivity index (χ4v) is 4.44. The van der Waals surface area contributed by atoms with E-state index >= 15 is 0 Å². The van der Waals surface area contributed by atoms with Crippen molar-refractivity contribution in [2.75, 3.05) is 26.0 Å². The summed E-state index contributed by atoms with van der Waals surface area (Å²) in [6.45, 7) is 9.41. The highest BCUT2D eigenvalue weighted by Gasteiger charge is 2.24. The Morgan fingerprint density at radius 2 is 1.88 bits per heavy atom. The number of benzene rings is 1. The minimum Gasteiger partial charge on any atom is -0.388 e. The molecule has 0 aliphatic heterocycles. The highest BCUT2D eigenvalue weighted by Crippen LogP contribution is 2.32. The van der Waals surface area contributed by atoms with Gasteiger partial charge in [0.2, 0.25) is 0 Å². The van der Waals surface area contributed by atoms with Gasteiger partial charge in [-0.05, 0) is 58.8 Å². The average Bonchev–Trinajstić information content (AvgIpc) is 3.07. The number of aryl methyl sites for hydroxylation is 1. The number of rotatable bonds is 9. The lowest BCUT2D eigenvalue weighted by molar-refractivity contribution is 0.0951. The van der Waals surface area contributed by atoms with Crippen molar-refractivity contribution in [3.05, 3.63) is 63.2 Å². The van der Waals surface area contributed by atoms with E-state index in [0.717, 1.165) is 40.9 Å². The van der Waals surface area contributed by atoms with Crippen LogP contribution in [0.5, 0.6) is 0 Å². The number of H-pyrrole nitrogens is 1. The summed E-state index contributed by atoms with van der Waals surface area (Å²) >= 11 is 0. The van der Waals surface area contributed by atoms with Gasteiger partial charge in [0.05, 0.1) is 17.7 Å². The van der Waals surface area contributed by atoms with Crippen molar-refractivity contribution in [3.8, 4) is 0 Å². The van der Waals surface area contributed by atoms with E-state index in [4.69, 9.17) is 0 Å². The van der Waals surface area contributed by atoms with Crippen molar-refractivity contribution in [2.45, 2.75) is 46.7 Å². The van der Waals surface area contributed by atoms with E-state index in [1.165, 1.54) is 0 Å². The number of para-hydroxylation sites is 1. The van der Waals surface area contributed by atoms with Crippen LogP contribution < -0.4 is 21.5 Å². The molecule has 3 aromatic rings. The van der Waals surface area contributed by atoms with E-state index < -0.39 is 0 Å². The summed E-state index contributed by atoms with van der Waals surface area (Å²) in [5.41, 5.74) is 4.49. The van der Waals surface area contributed by atoms with Gasteiger partial charge in [0, 0.05) is 41.1 Å². The maximum absolute atomic E-state index is 13.3. The third kappa shape index (κ3) is 4.58. The molecule has 0 fully saturated rings. The average molecular weight is 438 g/mol. The van der Waals surface area contributed by atoms with Crippen LogP contribution in [0.15, 0.2) is 35.1 Å². The number of hydrogen-bond acceptors (Lipinski definition) is 4. The van der Waals surface area contributed by atoms with Gasteiger partial charge in [-0.15, -0.1) is 0 Å². The maximum atomic E-state index is 13.3. The summed E-state index contributed by atoms with van der Waals surface area (Å²) in [6, 6.07) is 10.2. The fraction of sp³-hybridized carbons (Fsp3) is 0.440. The van der Waals surface area contributed by atoms with Gasteiger partial charge in [0.25, 0.3) is 11.5 Å². The number of aromatic amines is 1. The third-order valence-electron chi connectivity index (χ3n) is 6.43. The lowest BCUT2D eigenvalue weighted by Crippen LogP contribution is -2.28. The number of fused-ring (bicyclic) bond motifs is 1. The summed E-state index contributed by atoms with van der Waals surface area (Å²) < 4.78 is 2.28. The quantitative estimate of drug-likeness (QED) is 0.411. The van der Waals surface area contributed by atoms with Crippen LogP contribution in [0.3, 0.4) is 0 Å². The number of aromatic nitrogens is 2. The molecule has 0 aliphatic rings. The molecule has 172 valence electrons. The second-order valence-electron chi connectivity index (χ2n) is 8.56. The van der Waals surface area contributed by atoms with Crippen LogP contribution >= 0.6 is 0 Å². The van der Waals surface area contributed by atoms with Gasteiger partial charge in [-0.1, -0.05) is 25.1 Å². The predicted molar refractivity (Wildman–Crippen MR) is 132 cm³/mol. The van der Waals surface area contributed by atoms with Gasteiger partial charge in [-0.2, -0.15) is 0 Å². The van der Waals surface area contributed by atoms with E-state index in [1.807, 2.05) is 45.2 Å². The lowest BCUT2D eigenvalue weighted by atomic mass is 9.99. The molecule has 1 amide bonds. The highest BCUT2D eigenvalue weighted by molar-refractivity contribution is 6.08. The molecule has 0 spiro atoms. The normalized spacial score (nSPS) is 13.2. The van der Waals surface area contributed by atoms with Crippen molar-refractivity contribution in [1.29, 1.82) is 0 Å². The number of carbonyl (C=O) groups is 1. The Kier molecular flexibility index (Phi) is 7.40. The van der Waals surface area contributed by atoms with E-state index in [1.54, 1.807) is 7.05 Å². The van der Waals surface area contributed by atoms with Crippen molar-refractivity contribution < 1.29 is 4.79 Å². The van der Waals surface area contributed by atoms with Crippen LogP contribution in [0.1, 0.15) is 53.6 Å². The molecule has 2 heterocycles. The minimum atomic E-state index is -0.194. The molecule has 0 saturated carbocycles. The third-order valence-corrected chi connectivity index (χ3v) is 6.43. The van der Waals surface area contributed by atoms with E-state index in [-0.39, 0.29) is 24.1 Å². The number of nitrogens with one attached hydrogen (secondary N) is 4. The van der Waals surface area contributed by atoms with Crippen molar-refractivity contribution in [2.24, 2.45) is 5.92 Å². The van der Waals surface area contributed by atoms with Crippen LogP contribution in [-0.2, 0) is 6.54 Å². The molecular formula is C25H35N5O2. The zero-order valence-electron chi connectivity index (χ0n) is 19.9. The summed E-state index contributed by atoms with van der Waals surface area (Å²) in [6.07, 6.45) is 1.05. The molecule has 32 heavy (non-hydrogen) atoms. The largest absolute Gasteiger partial charge is 0.388 e. The molecule has 7 nitrogen and oxygen atoms in total. The van der Waals surface area contributed by atoms with Crippen LogP contribution in [0.4, 0.5) is 5.69 Å². The Morgan fingerprint density at radius 3 is 2.56 bits per heavy atom. The molecule has 2 aromatic heterocycles. The molecule has 0 aliphatic carbocycles. The molecule has 0 bridgehead atoms. The molecule has 4 N–H and O–H groups in total. The van der Waals surface area contributed by atoms with Crippen LogP contribution in [0.25, 0.3) is 10.9 Å². The van der Waals surface area contributed by atoms with Gasteiger partial charge < -0.3 is 25.5 Å². The number of amides is 1. The second kappa shape index (κ2) is 10.0. The second-order valence-corrected chi connectivity index (χ2v) is 8.56. The molecule has 7 heteroatoms. The Bertz CT molecular complexity index is 1160. The summed E-state index contributed by atoms with van der Waals surface area (Å²) in [7, 11) is 3.74. The molecule has 2 atom stereocenters. The maximum Gasteiger partial charge on any atom is 0.255 e. The molecule has 0 radical (unpaired) electrons. The Morgan fingerprint density at radius 1 is 1.16 bits per heavy atom. The Labute approximate surface area is 189 Å². The molecule has 1 aromatic carbocycles. The van der Waals surface area contributed by atoms with Crippen LogP contribution in [0.2, 0.25) is 0 Å². The smallest absolute Gasteiger partial charge is 0.255 e. The van der Waals surface area contributed by atoms with Gasteiger partial charge in [0.15, 0.2) is 0 Å². The van der Waals surface area contributed by atoms with E-state index in [0.29, 0.717) is 17.0 Å². The minimum absolute atomic E-state index is 0.150. The number of pyridine rings is 1. The lowest BCUT2D eigenvalue weighted by Gasteiger charge is -2.24. The van der Waals surface area contributed by atoms with Gasteiger partial charge >= 0.3 is 0 Å². The first-order valence-corrected chi connectivity index (χ1v) is 11.2. The first-order valence-electron chi connectivity index (χ1n) is 11.2. The highest BCUT2D eigenvalue weighted by atomic mass is 16.2. The van der Waals surface area contributed by atoms with E-state index in [2.05, 4.69) is 45.4 Å². The number of carbonyl (C=O) groups excluding carboxylic acids is 1. The first-order chi connectivity index (χ1) is 15.3. The predicted octanol–water partition coefficient (Wildman–Crippen LogP) is 3.72. The number of hydrogen-bond donors (Lipinski definition) is 4. The van der Waals surface area contributed by atoms with Gasteiger partial charge in [-0.25, -0.2) is 0 Å². The Balaban J connectivity index is 1.95. The summed E-state index contributed by atoms with van der Waals surface area (Å²) in [4.78, 5) is 28.6. The summed E-state index contributed by atoms with van der Waals surface area (Å²) in [5, 5.41) is 10.2. The first kappa shape index (κ1) is 23.6. The fourth-order valence-electron chi connectivity index (χ4n) is 4.44. The molecule has 0 saturated heterocycles. The summed E-state index contributed by atoms with van der Waals surface area (Å²) in [5.74, 6) is 0.270. The Hall–Kier alpha value is -3.06. The van der Waals surface area contributed by atoms with Crippen molar-refractivity contribution >= 4 is 22.5 Å². The van der Waals surface area contributed by atoms with Crippen LogP contribution in [-0.4, -0.2) is 36.1 Å². The standard InChI is InChI=1S/C25H35N5O2/c1-15(11-12-26-5)17(3)30-18(4)23(19-9-7-8-10-22(19)30)25(32)28-14-20-21(27-6)13-16(2)29-24(20)31/h7-10,13,15,17,26H,11-12,14H2,1-6H3,(H,28,32)(H2,27,29,31)/t15?,17-/m1/s1. The van der Waals surface area contributed by atoms with Crippen molar-refractivity contribution in [1.82, 2.24) is 20.2 Å². The van der Waals surface area contributed by atoms with Crippen LogP contribution in [0, 0.1) is 19.8 Å². The number of anilines is 1. The topological polar surface area (TPSA) is 90.9 Å². The SMILES string of the molecule is CNCCC(C)[C@@H](C)n1c(C)c(C(=O)NCc2c(NC)cc(C)[nH]c2=O)c2ccccc21. The van der Waals surface area contributed by atoms with Crippen molar-refractivity contribution in [3.63, 3.8) is 0 Å². The van der Waals surface area contributed by atoms with Gasteiger partial charge in [-0.3, -0.25) is 9.59 Å². The zero-order valence-corrected chi connectivity index (χ0v) is 19.9. The molecular weight excluding hydrogens is 402 g/mol. The molecule has 3 rings (SSSR count). The molecule has 1 unspecified atom stereocenters. The van der Waals surface area contributed by atoms with E-state index in [9.17, 15) is 9.59 Å². The monoisotopic (exact) mass is 437 g/mol. The zero-order chi connectivity index (χ0) is 23.4.